The van der Waals surface area contributed by atoms with Crippen LogP contribution in [0.25, 0.3) is 0 Å². The first-order valence-corrected chi connectivity index (χ1v) is 6.78. The van der Waals surface area contributed by atoms with E-state index in [0.29, 0.717) is 6.42 Å². The van der Waals surface area contributed by atoms with Gasteiger partial charge in [-0.05, 0) is 24.1 Å². The Bertz CT molecular complexity index is 394. The van der Waals surface area contributed by atoms with E-state index in [4.69, 9.17) is 0 Å². The Hall–Kier alpha value is -0.580. The standard InChI is InChI=1S/C13H17BrN2O.ClH/c14-12-3-1-2-11(10-12)4-5-13(17)16-8-6-15-7-9-16;/h1-3,10,15H,4-9H2;1H. The number of aryl methyl sites for hydroxylation is 1. The molecular formula is C13H18BrClN2O. The molecule has 0 bridgehead atoms. The minimum absolute atomic E-state index is 0. The molecule has 5 heteroatoms. The van der Waals surface area contributed by atoms with Crippen molar-refractivity contribution in [3.05, 3.63) is 34.3 Å². The molecule has 0 spiro atoms. The van der Waals surface area contributed by atoms with E-state index in [1.807, 2.05) is 17.0 Å². The fourth-order valence-electron chi connectivity index (χ4n) is 2.02. The molecule has 1 amide bonds. The van der Waals surface area contributed by atoms with Crippen molar-refractivity contribution in [2.45, 2.75) is 12.8 Å². The molecule has 1 saturated heterocycles. The van der Waals surface area contributed by atoms with Crippen LogP contribution in [0.1, 0.15) is 12.0 Å². The monoisotopic (exact) mass is 332 g/mol. The summed E-state index contributed by atoms with van der Waals surface area (Å²) in [6.07, 6.45) is 1.43. The van der Waals surface area contributed by atoms with E-state index in [1.54, 1.807) is 0 Å². The molecule has 1 fully saturated rings. The second kappa shape index (κ2) is 7.77. The molecule has 0 atom stereocenters. The molecule has 0 unspecified atom stereocenters. The maximum absolute atomic E-state index is 11.9. The Morgan fingerprint density at radius 2 is 2.06 bits per heavy atom. The number of piperazine rings is 1. The highest BCUT2D eigenvalue weighted by molar-refractivity contribution is 9.10. The van der Waals surface area contributed by atoms with Gasteiger partial charge >= 0.3 is 0 Å². The number of nitrogens with one attached hydrogen (secondary N) is 1. The van der Waals surface area contributed by atoms with Gasteiger partial charge in [0.25, 0.3) is 0 Å². The summed E-state index contributed by atoms with van der Waals surface area (Å²) < 4.78 is 1.07. The largest absolute Gasteiger partial charge is 0.340 e. The third-order valence-corrected chi connectivity index (χ3v) is 3.48. The number of amides is 1. The number of hydrogen-bond donors (Lipinski definition) is 1. The molecule has 0 radical (unpaired) electrons. The summed E-state index contributed by atoms with van der Waals surface area (Å²) in [6.45, 7) is 3.53. The summed E-state index contributed by atoms with van der Waals surface area (Å²) in [6, 6.07) is 8.15. The Morgan fingerprint density at radius 3 is 2.72 bits per heavy atom. The number of carbonyl (C=O) groups excluding carboxylic acids is 1. The van der Waals surface area contributed by atoms with Crippen molar-refractivity contribution in [2.75, 3.05) is 26.2 Å². The molecule has 18 heavy (non-hydrogen) atoms. The molecule has 1 aromatic rings. The average molecular weight is 334 g/mol. The van der Waals surface area contributed by atoms with E-state index in [2.05, 4.69) is 33.4 Å². The Morgan fingerprint density at radius 1 is 1.33 bits per heavy atom. The van der Waals surface area contributed by atoms with Crippen molar-refractivity contribution < 1.29 is 4.79 Å². The quantitative estimate of drug-likeness (QED) is 0.920. The summed E-state index contributed by atoms with van der Waals surface area (Å²) >= 11 is 3.44. The Balaban J connectivity index is 0.00000162. The maximum Gasteiger partial charge on any atom is 0.222 e. The van der Waals surface area contributed by atoms with Gasteiger partial charge in [0.2, 0.25) is 5.91 Å². The highest BCUT2D eigenvalue weighted by Crippen LogP contribution is 2.13. The third-order valence-electron chi connectivity index (χ3n) is 2.99. The smallest absolute Gasteiger partial charge is 0.222 e. The molecule has 0 aliphatic carbocycles. The lowest BCUT2D eigenvalue weighted by atomic mass is 10.1. The molecule has 3 nitrogen and oxygen atoms in total. The summed E-state index contributed by atoms with van der Waals surface area (Å²) in [4.78, 5) is 13.9. The molecule has 2 rings (SSSR count). The van der Waals surface area contributed by atoms with E-state index >= 15 is 0 Å². The topological polar surface area (TPSA) is 32.3 Å². The first-order chi connectivity index (χ1) is 8.25. The Kier molecular flexibility index (Phi) is 6.68. The van der Waals surface area contributed by atoms with Gasteiger partial charge in [-0.15, -0.1) is 12.4 Å². The minimum Gasteiger partial charge on any atom is -0.340 e. The number of nitrogens with zero attached hydrogens (tertiary/aromatic N) is 1. The molecule has 100 valence electrons. The van der Waals surface area contributed by atoms with Crippen LogP contribution < -0.4 is 5.32 Å². The first-order valence-electron chi connectivity index (χ1n) is 5.98. The van der Waals surface area contributed by atoms with Crippen LogP contribution in [0.5, 0.6) is 0 Å². The van der Waals surface area contributed by atoms with Gasteiger partial charge in [0.05, 0.1) is 0 Å². The van der Waals surface area contributed by atoms with Crippen molar-refractivity contribution in [3.63, 3.8) is 0 Å². The average Bonchev–Trinajstić information content (AvgIpc) is 2.37. The molecule has 1 heterocycles. The van der Waals surface area contributed by atoms with E-state index in [-0.39, 0.29) is 18.3 Å². The normalized spacial score (nSPS) is 15.1. The first kappa shape index (κ1) is 15.5. The lowest BCUT2D eigenvalue weighted by Crippen LogP contribution is -2.46. The zero-order valence-electron chi connectivity index (χ0n) is 10.2. The molecule has 0 saturated carbocycles. The fourth-order valence-corrected chi connectivity index (χ4v) is 2.46. The van der Waals surface area contributed by atoms with Crippen LogP contribution in [0.3, 0.4) is 0 Å². The van der Waals surface area contributed by atoms with Crippen molar-refractivity contribution >= 4 is 34.2 Å². The SMILES string of the molecule is Cl.O=C(CCc1cccc(Br)c1)N1CCNCC1. The highest BCUT2D eigenvalue weighted by Gasteiger charge is 2.15. The number of rotatable bonds is 3. The molecule has 0 aromatic heterocycles. The number of carbonyl (C=O) groups is 1. The highest BCUT2D eigenvalue weighted by atomic mass is 79.9. The van der Waals surface area contributed by atoms with Gasteiger partial charge in [-0.2, -0.15) is 0 Å². The molecule has 1 aromatic carbocycles. The van der Waals surface area contributed by atoms with E-state index < -0.39 is 0 Å². The van der Waals surface area contributed by atoms with Gasteiger partial charge in [0.15, 0.2) is 0 Å². The van der Waals surface area contributed by atoms with Crippen LogP contribution in [-0.4, -0.2) is 37.0 Å². The fraction of sp³-hybridized carbons (Fsp3) is 0.462. The molecule has 1 aliphatic heterocycles. The van der Waals surface area contributed by atoms with Gasteiger partial charge < -0.3 is 10.2 Å². The van der Waals surface area contributed by atoms with Crippen molar-refractivity contribution in [1.29, 1.82) is 0 Å². The van der Waals surface area contributed by atoms with Crippen LogP contribution in [0.2, 0.25) is 0 Å². The van der Waals surface area contributed by atoms with Crippen LogP contribution in [0, 0.1) is 0 Å². The molecular weight excluding hydrogens is 316 g/mol. The van der Waals surface area contributed by atoms with E-state index in [0.717, 1.165) is 37.1 Å². The second-order valence-electron chi connectivity index (χ2n) is 4.26. The Labute approximate surface area is 122 Å². The van der Waals surface area contributed by atoms with Crippen LogP contribution in [0.4, 0.5) is 0 Å². The lowest BCUT2D eigenvalue weighted by molar-refractivity contribution is -0.131. The summed E-state index contributed by atoms with van der Waals surface area (Å²) in [5.74, 6) is 0.270. The number of hydrogen-bond acceptors (Lipinski definition) is 2. The van der Waals surface area contributed by atoms with Crippen LogP contribution >= 0.6 is 28.3 Å². The van der Waals surface area contributed by atoms with Crippen molar-refractivity contribution in [2.24, 2.45) is 0 Å². The summed E-state index contributed by atoms with van der Waals surface area (Å²) in [5, 5.41) is 3.25. The van der Waals surface area contributed by atoms with Crippen LogP contribution in [0.15, 0.2) is 28.7 Å². The number of benzene rings is 1. The van der Waals surface area contributed by atoms with Gasteiger partial charge in [0, 0.05) is 37.1 Å². The lowest BCUT2D eigenvalue weighted by Gasteiger charge is -2.27. The molecule has 1 N–H and O–H groups in total. The zero-order chi connectivity index (χ0) is 12.1. The van der Waals surface area contributed by atoms with Crippen LogP contribution in [-0.2, 0) is 11.2 Å². The van der Waals surface area contributed by atoms with Gasteiger partial charge in [0.1, 0.15) is 0 Å². The second-order valence-corrected chi connectivity index (χ2v) is 5.18. The third kappa shape index (κ3) is 4.59. The molecule has 1 aliphatic rings. The minimum atomic E-state index is 0. The zero-order valence-corrected chi connectivity index (χ0v) is 12.6. The number of halogens is 2. The predicted molar refractivity (Wildman–Crippen MR) is 79.2 cm³/mol. The van der Waals surface area contributed by atoms with Gasteiger partial charge in [-0.3, -0.25) is 4.79 Å². The maximum atomic E-state index is 11.9. The van der Waals surface area contributed by atoms with Gasteiger partial charge in [-0.25, -0.2) is 0 Å². The van der Waals surface area contributed by atoms with Crippen molar-refractivity contribution in [1.82, 2.24) is 10.2 Å². The predicted octanol–water partition coefficient (Wildman–Crippen LogP) is 2.24. The summed E-state index contributed by atoms with van der Waals surface area (Å²) in [5.41, 5.74) is 1.21. The van der Waals surface area contributed by atoms with E-state index in [1.165, 1.54) is 5.56 Å². The van der Waals surface area contributed by atoms with Crippen molar-refractivity contribution in [3.8, 4) is 0 Å². The van der Waals surface area contributed by atoms with Gasteiger partial charge in [-0.1, -0.05) is 28.1 Å². The van der Waals surface area contributed by atoms with E-state index in [9.17, 15) is 4.79 Å². The summed E-state index contributed by atoms with van der Waals surface area (Å²) in [7, 11) is 0.